The second kappa shape index (κ2) is 6.57. The highest BCUT2D eigenvalue weighted by Gasteiger charge is 2.13. The van der Waals surface area contributed by atoms with Crippen molar-refractivity contribution in [1.82, 2.24) is 10.5 Å². The molecule has 0 aliphatic rings. The lowest BCUT2D eigenvalue weighted by Gasteiger charge is -2.09. The summed E-state index contributed by atoms with van der Waals surface area (Å²) in [6.45, 7) is 1.94. The van der Waals surface area contributed by atoms with Gasteiger partial charge in [0.2, 0.25) is 0 Å². The van der Waals surface area contributed by atoms with E-state index in [4.69, 9.17) is 9.63 Å². The first-order valence-corrected chi connectivity index (χ1v) is 7.03. The van der Waals surface area contributed by atoms with E-state index in [-0.39, 0.29) is 17.8 Å². The molecule has 1 aromatic carbocycles. The highest BCUT2D eigenvalue weighted by atomic mass is 127. The van der Waals surface area contributed by atoms with Gasteiger partial charge in [-0.1, -0.05) is 5.16 Å². The summed E-state index contributed by atoms with van der Waals surface area (Å²) in [5.74, 6) is -0.450. The van der Waals surface area contributed by atoms with Gasteiger partial charge in [-0.3, -0.25) is 0 Å². The lowest BCUT2D eigenvalue weighted by Crippen LogP contribution is -2.29. The second-order valence-corrected chi connectivity index (χ2v) is 5.48. The average molecular weight is 401 g/mol. The van der Waals surface area contributed by atoms with Crippen LogP contribution in [0.4, 0.5) is 10.5 Å². The van der Waals surface area contributed by atoms with E-state index in [2.05, 4.69) is 15.8 Å². The molecule has 8 heteroatoms. The van der Waals surface area contributed by atoms with Crippen molar-refractivity contribution >= 4 is 40.3 Å². The number of halogens is 1. The van der Waals surface area contributed by atoms with E-state index >= 15 is 0 Å². The van der Waals surface area contributed by atoms with Gasteiger partial charge in [-0.25, -0.2) is 9.59 Å². The molecule has 21 heavy (non-hydrogen) atoms. The van der Waals surface area contributed by atoms with E-state index in [1.54, 1.807) is 25.1 Å². The number of benzene rings is 1. The molecule has 0 saturated carbocycles. The quantitative estimate of drug-likeness (QED) is 0.684. The van der Waals surface area contributed by atoms with E-state index in [0.29, 0.717) is 11.5 Å². The van der Waals surface area contributed by atoms with Crippen molar-refractivity contribution in [1.29, 1.82) is 0 Å². The Labute approximate surface area is 133 Å². The number of rotatable bonds is 4. The van der Waals surface area contributed by atoms with Crippen LogP contribution < -0.4 is 10.6 Å². The lowest BCUT2D eigenvalue weighted by atomic mass is 10.2. The molecule has 2 aromatic rings. The van der Waals surface area contributed by atoms with Crippen LogP contribution >= 0.6 is 22.6 Å². The minimum absolute atomic E-state index is 0.0364. The summed E-state index contributed by atoms with van der Waals surface area (Å²) in [7, 11) is 0. The molecule has 0 aliphatic heterocycles. The molecular weight excluding hydrogens is 389 g/mol. The van der Waals surface area contributed by atoms with Gasteiger partial charge in [0.15, 0.2) is 0 Å². The molecule has 110 valence electrons. The monoisotopic (exact) mass is 401 g/mol. The van der Waals surface area contributed by atoms with Gasteiger partial charge < -0.3 is 20.3 Å². The fourth-order valence-corrected chi connectivity index (χ4v) is 2.13. The molecule has 0 unspecified atom stereocenters. The molecule has 0 radical (unpaired) electrons. The SMILES string of the molecule is Cc1cc(CNC(=O)Nc2ccc(I)cc2C(=O)O)no1. The molecule has 0 saturated heterocycles. The summed E-state index contributed by atoms with van der Waals surface area (Å²) in [4.78, 5) is 22.9. The van der Waals surface area contributed by atoms with Crippen LogP contribution in [0.2, 0.25) is 0 Å². The summed E-state index contributed by atoms with van der Waals surface area (Å²) in [6.07, 6.45) is 0. The molecule has 7 nitrogen and oxygen atoms in total. The first-order valence-electron chi connectivity index (χ1n) is 5.95. The Morgan fingerprint density at radius 3 is 2.76 bits per heavy atom. The van der Waals surface area contributed by atoms with Crippen LogP contribution in [0, 0.1) is 10.5 Å². The Morgan fingerprint density at radius 2 is 2.14 bits per heavy atom. The number of aryl methyl sites for hydroxylation is 1. The standard InChI is InChI=1S/C13H12IN3O4/c1-7-4-9(17-21-7)6-15-13(20)16-11-3-2-8(14)5-10(11)12(18)19/h2-5H,6H2,1H3,(H,18,19)(H2,15,16,20). The first-order chi connectivity index (χ1) is 9.95. The summed E-state index contributed by atoms with van der Waals surface area (Å²) in [5, 5.41) is 17.9. The number of carbonyl (C=O) groups excluding carboxylic acids is 1. The zero-order valence-corrected chi connectivity index (χ0v) is 13.2. The minimum Gasteiger partial charge on any atom is -0.478 e. The van der Waals surface area contributed by atoms with Crippen molar-refractivity contribution < 1.29 is 19.2 Å². The van der Waals surface area contributed by atoms with Gasteiger partial charge in [-0.2, -0.15) is 0 Å². The van der Waals surface area contributed by atoms with Crippen molar-refractivity contribution in [3.63, 3.8) is 0 Å². The van der Waals surface area contributed by atoms with Gasteiger partial charge in [0.05, 0.1) is 17.8 Å². The molecule has 3 N–H and O–H groups in total. The fourth-order valence-electron chi connectivity index (χ4n) is 1.64. The summed E-state index contributed by atoms with van der Waals surface area (Å²) in [6, 6.07) is 5.93. The number of urea groups is 1. The highest BCUT2D eigenvalue weighted by Crippen LogP contribution is 2.18. The van der Waals surface area contributed by atoms with Gasteiger partial charge in [0.1, 0.15) is 11.5 Å². The molecule has 2 rings (SSSR count). The van der Waals surface area contributed by atoms with Crippen LogP contribution in [-0.2, 0) is 6.54 Å². The number of aromatic nitrogens is 1. The number of hydrogen-bond donors (Lipinski definition) is 3. The van der Waals surface area contributed by atoms with Crippen molar-refractivity contribution in [3.05, 3.63) is 44.9 Å². The molecule has 0 atom stereocenters. The van der Waals surface area contributed by atoms with Gasteiger partial charge in [-0.05, 0) is 47.7 Å². The Hall–Kier alpha value is -2.10. The maximum absolute atomic E-state index is 11.8. The van der Waals surface area contributed by atoms with Crippen molar-refractivity contribution in [2.24, 2.45) is 0 Å². The number of carboxylic acids is 1. The number of anilines is 1. The second-order valence-electron chi connectivity index (χ2n) is 4.23. The zero-order valence-electron chi connectivity index (χ0n) is 11.0. The molecule has 1 heterocycles. The number of hydrogen-bond acceptors (Lipinski definition) is 4. The smallest absolute Gasteiger partial charge is 0.337 e. The van der Waals surface area contributed by atoms with Crippen molar-refractivity contribution in [2.45, 2.75) is 13.5 Å². The third-order valence-electron chi connectivity index (χ3n) is 2.57. The van der Waals surface area contributed by atoms with E-state index in [9.17, 15) is 9.59 Å². The Morgan fingerprint density at radius 1 is 1.38 bits per heavy atom. The van der Waals surface area contributed by atoms with E-state index in [0.717, 1.165) is 3.57 Å². The third kappa shape index (κ3) is 4.18. The number of nitrogens with one attached hydrogen (secondary N) is 2. The maximum atomic E-state index is 11.8. The van der Waals surface area contributed by atoms with Crippen LogP contribution in [-0.4, -0.2) is 22.3 Å². The molecule has 2 amide bonds. The van der Waals surface area contributed by atoms with Crippen molar-refractivity contribution in [3.8, 4) is 0 Å². The van der Waals surface area contributed by atoms with E-state index in [1.165, 1.54) is 6.07 Å². The number of aromatic carboxylic acids is 1. The summed E-state index contributed by atoms with van der Waals surface area (Å²) < 4.78 is 5.65. The Bertz CT molecular complexity index is 684. The maximum Gasteiger partial charge on any atom is 0.337 e. The van der Waals surface area contributed by atoms with Crippen LogP contribution in [0.15, 0.2) is 28.8 Å². The predicted octanol–water partition coefficient (Wildman–Crippen LogP) is 2.61. The summed E-state index contributed by atoms with van der Waals surface area (Å²) in [5.41, 5.74) is 0.856. The van der Waals surface area contributed by atoms with Crippen molar-refractivity contribution in [2.75, 3.05) is 5.32 Å². The topological polar surface area (TPSA) is 104 Å². The third-order valence-corrected chi connectivity index (χ3v) is 3.24. The largest absolute Gasteiger partial charge is 0.478 e. The minimum atomic E-state index is -1.10. The van der Waals surface area contributed by atoms with Gasteiger partial charge in [0, 0.05) is 9.64 Å². The average Bonchev–Trinajstić information content (AvgIpc) is 2.84. The number of carbonyl (C=O) groups is 2. The van der Waals surface area contributed by atoms with E-state index in [1.807, 2.05) is 22.6 Å². The highest BCUT2D eigenvalue weighted by molar-refractivity contribution is 14.1. The van der Waals surface area contributed by atoms with Gasteiger partial charge in [-0.15, -0.1) is 0 Å². The molecule has 0 spiro atoms. The summed E-state index contributed by atoms with van der Waals surface area (Å²) >= 11 is 2.01. The van der Waals surface area contributed by atoms with Gasteiger partial charge in [0.25, 0.3) is 0 Å². The van der Waals surface area contributed by atoms with Crippen LogP contribution in [0.1, 0.15) is 21.8 Å². The molecule has 1 aromatic heterocycles. The normalized spacial score (nSPS) is 10.2. The van der Waals surface area contributed by atoms with Crippen LogP contribution in [0.3, 0.4) is 0 Å². The zero-order chi connectivity index (χ0) is 15.4. The number of nitrogens with zero attached hydrogens (tertiary/aromatic N) is 1. The predicted molar refractivity (Wildman–Crippen MR) is 83.2 cm³/mol. The van der Waals surface area contributed by atoms with Crippen LogP contribution in [0.5, 0.6) is 0 Å². The Kier molecular flexibility index (Phi) is 4.78. The molecule has 0 bridgehead atoms. The first kappa shape index (κ1) is 15.3. The molecule has 0 aliphatic carbocycles. The van der Waals surface area contributed by atoms with Gasteiger partial charge >= 0.3 is 12.0 Å². The van der Waals surface area contributed by atoms with Crippen LogP contribution in [0.25, 0.3) is 0 Å². The fraction of sp³-hybridized carbons (Fsp3) is 0.154. The molecule has 0 fully saturated rings. The lowest BCUT2D eigenvalue weighted by molar-refractivity contribution is 0.0698. The van der Waals surface area contributed by atoms with E-state index < -0.39 is 12.0 Å². The number of amides is 2. The molecular formula is C13H12IN3O4. The Balaban J connectivity index is 2.01. The number of carboxylic acid groups (broad SMARTS) is 1.